The van der Waals surface area contributed by atoms with Gasteiger partial charge in [0.05, 0.1) is 6.10 Å². The number of ether oxygens (including phenoxy) is 1. The van der Waals surface area contributed by atoms with Gasteiger partial charge in [-0.25, -0.2) is 0 Å². The zero-order valence-corrected chi connectivity index (χ0v) is 8.50. The number of hydrogen-bond donors (Lipinski definition) is 1. The van der Waals surface area contributed by atoms with E-state index in [-0.39, 0.29) is 0 Å². The molecule has 3 heteroatoms. The molecule has 1 rings (SSSR count). The van der Waals surface area contributed by atoms with Gasteiger partial charge in [-0.2, -0.15) is 0 Å². The quantitative estimate of drug-likeness (QED) is 0.663. The maximum atomic E-state index is 5.39. The van der Waals surface area contributed by atoms with Crippen LogP contribution in [-0.2, 0) is 4.74 Å². The summed E-state index contributed by atoms with van der Waals surface area (Å²) >= 11 is 0. The maximum Gasteiger partial charge on any atom is 0.0863 e. The van der Waals surface area contributed by atoms with Crippen LogP contribution in [0, 0.1) is 0 Å². The molecule has 0 aromatic heterocycles. The first-order valence-electron chi connectivity index (χ1n) is 4.63. The summed E-state index contributed by atoms with van der Waals surface area (Å²) in [6.45, 7) is 6.61. The van der Waals surface area contributed by atoms with E-state index in [0.29, 0.717) is 18.2 Å². The normalized spacial score (nSPS) is 31.8. The molecular weight excluding hydrogens is 152 g/mol. The predicted molar refractivity (Wildman–Crippen MR) is 50.4 cm³/mol. The van der Waals surface area contributed by atoms with E-state index in [9.17, 15) is 0 Å². The Morgan fingerprint density at radius 2 is 2.08 bits per heavy atom. The third kappa shape index (κ3) is 1.97. The lowest BCUT2D eigenvalue weighted by atomic mass is 10.2. The molecule has 0 saturated carbocycles. The van der Waals surface area contributed by atoms with Gasteiger partial charge in [0.25, 0.3) is 0 Å². The largest absolute Gasteiger partial charge is 0.378 e. The van der Waals surface area contributed by atoms with Crippen molar-refractivity contribution >= 4 is 0 Å². The Balaban J connectivity index is 2.47. The molecule has 0 radical (unpaired) electrons. The van der Waals surface area contributed by atoms with Crippen molar-refractivity contribution in [3.8, 4) is 0 Å². The molecule has 0 unspecified atom stereocenters. The molecule has 3 nitrogen and oxygen atoms in total. The Morgan fingerprint density at radius 1 is 1.42 bits per heavy atom. The summed E-state index contributed by atoms with van der Waals surface area (Å²) in [4.78, 5) is 2.44. The number of hydrogen-bond acceptors (Lipinski definition) is 3. The van der Waals surface area contributed by atoms with E-state index >= 15 is 0 Å². The second-order valence-corrected chi connectivity index (χ2v) is 3.72. The molecule has 1 heterocycles. The van der Waals surface area contributed by atoms with E-state index in [0.717, 1.165) is 13.1 Å². The minimum absolute atomic E-state index is 0.359. The predicted octanol–water partition coefficient (Wildman–Crippen LogP) is 0.313. The van der Waals surface area contributed by atoms with Crippen LogP contribution in [0.25, 0.3) is 0 Å². The highest BCUT2D eigenvalue weighted by molar-refractivity contribution is 4.90. The minimum atomic E-state index is 0.359. The van der Waals surface area contributed by atoms with Gasteiger partial charge in [-0.1, -0.05) is 0 Å². The lowest BCUT2D eigenvalue weighted by molar-refractivity contribution is 0.0891. The van der Waals surface area contributed by atoms with Gasteiger partial charge < -0.3 is 10.1 Å². The van der Waals surface area contributed by atoms with Crippen LogP contribution in [0.4, 0.5) is 0 Å². The average molecular weight is 172 g/mol. The summed E-state index contributed by atoms with van der Waals surface area (Å²) in [6, 6.07) is 1.12. The molecule has 1 aliphatic rings. The van der Waals surface area contributed by atoms with Gasteiger partial charge in [0.1, 0.15) is 0 Å². The van der Waals surface area contributed by atoms with Crippen LogP contribution in [0.1, 0.15) is 13.8 Å². The van der Waals surface area contributed by atoms with E-state index in [1.807, 2.05) is 7.05 Å². The standard InChI is InChI=1S/C9H20N2O/c1-7(2)11-5-8(10-3)9(6-11)12-4/h7-10H,5-6H2,1-4H3/t8-,9+/m1/s1. The zero-order chi connectivity index (χ0) is 9.14. The van der Waals surface area contributed by atoms with Gasteiger partial charge in [0, 0.05) is 32.3 Å². The van der Waals surface area contributed by atoms with E-state index in [1.54, 1.807) is 7.11 Å². The van der Waals surface area contributed by atoms with Gasteiger partial charge in [-0.15, -0.1) is 0 Å². The molecule has 72 valence electrons. The fourth-order valence-corrected chi connectivity index (χ4v) is 1.74. The van der Waals surface area contributed by atoms with Crippen molar-refractivity contribution in [1.82, 2.24) is 10.2 Å². The molecule has 2 atom stereocenters. The number of nitrogens with zero attached hydrogens (tertiary/aromatic N) is 1. The Morgan fingerprint density at radius 3 is 2.42 bits per heavy atom. The second kappa shape index (κ2) is 4.21. The maximum absolute atomic E-state index is 5.39. The first-order chi connectivity index (χ1) is 5.69. The van der Waals surface area contributed by atoms with Crippen molar-refractivity contribution in [3.05, 3.63) is 0 Å². The van der Waals surface area contributed by atoms with E-state index in [2.05, 4.69) is 24.1 Å². The summed E-state index contributed by atoms with van der Waals surface area (Å²) in [5.41, 5.74) is 0. The third-order valence-corrected chi connectivity index (χ3v) is 2.70. The van der Waals surface area contributed by atoms with Gasteiger partial charge in [-0.05, 0) is 20.9 Å². The molecule has 1 fully saturated rings. The van der Waals surface area contributed by atoms with Crippen molar-refractivity contribution in [3.63, 3.8) is 0 Å². The number of likely N-dealkylation sites (tertiary alicyclic amines) is 1. The summed E-state index contributed by atoms with van der Waals surface area (Å²) in [5.74, 6) is 0. The topological polar surface area (TPSA) is 24.5 Å². The molecule has 0 aliphatic carbocycles. The fourth-order valence-electron chi connectivity index (χ4n) is 1.74. The molecule has 1 aliphatic heterocycles. The van der Waals surface area contributed by atoms with Crippen molar-refractivity contribution in [2.24, 2.45) is 0 Å². The molecule has 0 aromatic carbocycles. The fraction of sp³-hybridized carbons (Fsp3) is 1.00. The first-order valence-corrected chi connectivity index (χ1v) is 4.63. The molecule has 0 aromatic rings. The summed E-state index contributed by atoms with van der Waals surface area (Å²) < 4.78 is 5.39. The van der Waals surface area contributed by atoms with Crippen molar-refractivity contribution < 1.29 is 4.74 Å². The van der Waals surface area contributed by atoms with Crippen LogP contribution in [0.5, 0.6) is 0 Å². The van der Waals surface area contributed by atoms with Crippen molar-refractivity contribution in [2.45, 2.75) is 32.0 Å². The number of likely N-dealkylation sites (N-methyl/N-ethyl adjacent to an activating group) is 1. The van der Waals surface area contributed by atoms with Gasteiger partial charge in [-0.3, -0.25) is 4.90 Å². The molecule has 1 saturated heterocycles. The summed E-state index contributed by atoms with van der Waals surface area (Å²) in [5, 5.41) is 3.28. The highest BCUT2D eigenvalue weighted by Crippen LogP contribution is 2.14. The zero-order valence-electron chi connectivity index (χ0n) is 8.50. The van der Waals surface area contributed by atoms with Crippen molar-refractivity contribution in [1.29, 1.82) is 0 Å². The van der Waals surface area contributed by atoms with Crippen LogP contribution in [-0.4, -0.2) is 50.3 Å². The third-order valence-electron chi connectivity index (χ3n) is 2.70. The van der Waals surface area contributed by atoms with E-state index in [1.165, 1.54) is 0 Å². The monoisotopic (exact) mass is 172 g/mol. The number of nitrogens with one attached hydrogen (secondary N) is 1. The Hall–Kier alpha value is -0.120. The Bertz CT molecular complexity index is 126. The van der Waals surface area contributed by atoms with Gasteiger partial charge in [0.15, 0.2) is 0 Å². The Labute approximate surface area is 75.1 Å². The van der Waals surface area contributed by atoms with Gasteiger partial charge >= 0.3 is 0 Å². The smallest absolute Gasteiger partial charge is 0.0863 e. The van der Waals surface area contributed by atoms with Crippen LogP contribution in [0.15, 0.2) is 0 Å². The van der Waals surface area contributed by atoms with E-state index in [4.69, 9.17) is 4.74 Å². The molecule has 1 N–H and O–H groups in total. The van der Waals surface area contributed by atoms with Crippen LogP contribution in [0.3, 0.4) is 0 Å². The van der Waals surface area contributed by atoms with Crippen molar-refractivity contribution in [2.75, 3.05) is 27.2 Å². The lowest BCUT2D eigenvalue weighted by Crippen LogP contribution is -2.37. The van der Waals surface area contributed by atoms with Crippen LogP contribution >= 0.6 is 0 Å². The molecular formula is C9H20N2O. The average Bonchev–Trinajstić information content (AvgIpc) is 2.46. The van der Waals surface area contributed by atoms with Gasteiger partial charge in [0.2, 0.25) is 0 Å². The highest BCUT2D eigenvalue weighted by atomic mass is 16.5. The minimum Gasteiger partial charge on any atom is -0.378 e. The summed E-state index contributed by atoms with van der Waals surface area (Å²) in [7, 11) is 3.79. The lowest BCUT2D eigenvalue weighted by Gasteiger charge is -2.19. The SMILES string of the molecule is CN[C@@H]1CN(C(C)C)C[C@@H]1OC. The Kier molecular flexibility index (Phi) is 3.50. The number of rotatable bonds is 3. The first kappa shape index (κ1) is 9.96. The molecule has 12 heavy (non-hydrogen) atoms. The molecule has 0 spiro atoms. The van der Waals surface area contributed by atoms with E-state index < -0.39 is 0 Å². The molecule has 0 bridgehead atoms. The highest BCUT2D eigenvalue weighted by Gasteiger charge is 2.32. The second-order valence-electron chi connectivity index (χ2n) is 3.72. The summed E-state index contributed by atoms with van der Waals surface area (Å²) in [6.07, 6.45) is 0.359. The van der Waals surface area contributed by atoms with Crippen LogP contribution < -0.4 is 5.32 Å². The van der Waals surface area contributed by atoms with Crippen LogP contribution in [0.2, 0.25) is 0 Å². The number of methoxy groups -OCH3 is 1. The molecule has 0 amide bonds.